The standard InChI is InChI=1S/C32H45N3O4S/c1-6-7-8-9-25(4)29-22-34(31(37)24(2)3)21-27(29)20-33-16-14-32(15-17-33)18-30(36)35(23-32)19-26-10-12-28(13-11-26)40(5,38)39/h6-13,24,27,29H,4,14-23H2,1-3,5H3/b7-6-,9-8-/t27-,29+/m0/s1. The quantitative estimate of drug-likeness (QED) is 0.416. The second-order valence-electron chi connectivity index (χ2n) is 12.4. The predicted molar refractivity (Wildman–Crippen MR) is 159 cm³/mol. The van der Waals surface area contributed by atoms with E-state index in [4.69, 9.17) is 0 Å². The third-order valence-electron chi connectivity index (χ3n) is 8.88. The molecule has 1 spiro atoms. The molecule has 1 aromatic carbocycles. The van der Waals surface area contributed by atoms with Crippen LogP contribution in [0.2, 0.25) is 0 Å². The molecule has 1 aromatic rings. The van der Waals surface area contributed by atoms with Gasteiger partial charge in [0.2, 0.25) is 11.8 Å². The van der Waals surface area contributed by atoms with Crippen molar-refractivity contribution in [3.63, 3.8) is 0 Å². The third-order valence-corrected chi connectivity index (χ3v) is 10.0. The normalized spacial score (nSPS) is 23.9. The molecule has 3 aliphatic heterocycles. The lowest BCUT2D eigenvalue weighted by molar-refractivity contribution is -0.133. The lowest BCUT2D eigenvalue weighted by Gasteiger charge is -2.40. The van der Waals surface area contributed by atoms with Gasteiger partial charge >= 0.3 is 0 Å². The van der Waals surface area contributed by atoms with Crippen LogP contribution in [0.25, 0.3) is 0 Å². The number of sulfone groups is 1. The molecule has 8 heteroatoms. The highest BCUT2D eigenvalue weighted by Gasteiger charge is 2.45. The Balaban J connectivity index is 1.35. The fourth-order valence-corrected chi connectivity index (χ4v) is 7.13. The number of rotatable bonds is 9. The van der Waals surface area contributed by atoms with Crippen molar-refractivity contribution in [3.8, 4) is 0 Å². The van der Waals surface area contributed by atoms with Crippen LogP contribution >= 0.6 is 0 Å². The minimum atomic E-state index is -3.23. The molecule has 0 bridgehead atoms. The molecule has 218 valence electrons. The molecule has 0 aromatic heterocycles. The molecule has 2 amide bonds. The SMILES string of the molecule is C=C(/C=C\C=C/C)[C@H]1CN(C(=O)C(C)C)C[C@@H]1CN1CCC2(CC1)CC(=O)N(Cc1ccc(S(C)(=O)=O)cc1)C2. The monoisotopic (exact) mass is 567 g/mol. The summed E-state index contributed by atoms with van der Waals surface area (Å²) in [6, 6.07) is 6.86. The number of likely N-dealkylation sites (tertiary alicyclic amines) is 3. The number of benzene rings is 1. The molecule has 40 heavy (non-hydrogen) atoms. The maximum atomic E-state index is 13.0. The zero-order valence-corrected chi connectivity index (χ0v) is 25.3. The number of carbonyl (C=O) groups is 2. The molecule has 3 saturated heterocycles. The van der Waals surface area contributed by atoms with Crippen LogP contribution in [0, 0.1) is 23.2 Å². The molecule has 7 nitrogen and oxygen atoms in total. The zero-order chi connectivity index (χ0) is 29.1. The van der Waals surface area contributed by atoms with E-state index in [2.05, 4.69) is 17.6 Å². The van der Waals surface area contributed by atoms with Gasteiger partial charge in [0.1, 0.15) is 0 Å². The highest BCUT2D eigenvalue weighted by molar-refractivity contribution is 7.90. The lowest BCUT2D eigenvalue weighted by Crippen LogP contribution is -2.44. The Labute approximate surface area is 240 Å². The smallest absolute Gasteiger partial charge is 0.225 e. The number of amides is 2. The van der Waals surface area contributed by atoms with Crippen LogP contribution in [0.4, 0.5) is 0 Å². The number of nitrogens with zero attached hydrogens (tertiary/aromatic N) is 3. The van der Waals surface area contributed by atoms with E-state index in [1.54, 1.807) is 12.1 Å². The third kappa shape index (κ3) is 7.13. The van der Waals surface area contributed by atoms with Gasteiger partial charge in [-0.3, -0.25) is 9.59 Å². The summed E-state index contributed by atoms with van der Waals surface area (Å²) in [4.78, 5) is 32.6. The fraction of sp³-hybridized carbons (Fsp3) is 0.562. The van der Waals surface area contributed by atoms with E-state index in [1.807, 2.05) is 60.9 Å². The minimum absolute atomic E-state index is 0.00776. The van der Waals surface area contributed by atoms with Crippen LogP contribution in [0.5, 0.6) is 0 Å². The van der Waals surface area contributed by atoms with Crippen molar-refractivity contribution in [1.29, 1.82) is 0 Å². The first-order chi connectivity index (χ1) is 18.9. The van der Waals surface area contributed by atoms with E-state index in [-0.39, 0.29) is 29.1 Å². The van der Waals surface area contributed by atoms with Crippen LogP contribution in [0.15, 0.2) is 65.6 Å². The molecule has 3 aliphatic rings. The van der Waals surface area contributed by atoms with Crippen LogP contribution < -0.4 is 0 Å². The van der Waals surface area contributed by atoms with Gasteiger partial charge in [0, 0.05) is 57.2 Å². The summed E-state index contributed by atoms with van der Waals surface area (Å²) < 4.78 is 23.5. The molecule has 0 N–H and O–H groups in total. The molecular weight excluding hydrogens is 522 g/mol. The minimum Gasteiger partial charge on any atom is -0.342 e. The number of carbonyl (C=O) groups excluding carboxylic acids is 2. The van der Waals surface area contributed by atoms with Crippen molar-refractivity contribution in [2.24, 2.45) is 23.2 Å². The summed E-state index contributed by atoms with van der Waals surface area (Å²) in [6.07, 6.45) is 11.9. The summed E-state index contributed by atoms with van der Waals surface area (Å²) in [5.74, 6) is 0.977. The Bertz CT molecular complexity index is 1260. The second-order valence-corrected chi connectivity index (χ2v) is 14.4. The summed E-state index contributed by atoms with van der Waals surface area (Å²) in [6.45, 7) is 15.9. The molecule has 3 heterocycles. The van der Waals surface area contributed by atoms with Gasteiger partial charge in [-0.2, -0.15) is 0 Å². The largest absolute Gasteiger partial charge is 0.342 e. The van der Waals surface area contributed by atoms with Gasteiger partial charge in [0.15, 0.2) is 9.84 Å². The molecular formula is C32H45N3O4S. The van der Waals surface area contributed by atoms with Gasteiger partial charge in [0.05, 0.1) is 4.90 Å². The van der Waals surface area contributed by atoms with E-state index >= 15 is 0 Å². The van der Waals surface area contributed by atoms with Crippen molar-refractivity contribution in [2.75, 3.05) is 45.5 Å². The molecule has 0 aliphatic carbocycles. The molecule has 2 atom stereocenters. The highest BCUT2D eigenvalue weighted by Crippen LogP contribution is 2.42. The van der Waals surface area contributed by atoms with Crippen molar-refractivity contribution in [1.82, 2.24) is 14.7 Å². The van der Waals surface area contributed by atoms with Gasteiger partial charge < -0.3 is 14.7 Å². The van der Waals surface area contributed by atoms with E-state index in [0.29, 0.717) is 23.8 Å². The van der Waals surface area contributed by atoms with E-state index in [1.165, 1.54) is 6.26 Å². The van der Waals surface area contributed by atoms with E-state index < -0.39 is 9.84 Å². The van der Waals surface area contributed by atoms with Crippen molar-refractivity contribution in [3.05, 3.63) is 66.3 Å². The van der Waals surface area contributed by atoms with Crippen molar-refractivity contribution in [2.45, 2.75) is 51.5 Å². The van der Waals surface area contributed by atoms with Crippen LogP contribution in [-0.4, -0.2) is 80.5 Å². The van der Waals surface area contributed by atoms with E-state index in [0.717, 1.165) is 63.2 Å². The molecule has 0 radical (unpaired) electrons. The topological polar surface area (TPSA) is 78.0 Å². The number of piperidine rings is 1. The molecule has 3 fully saturated rings. The van der Waals surface area contributed by atoms with Crippen LogP contribution in [0.1, 0.15) is 45.6 Å². The number of allylic oxidation sites excluding steroid dienone is 4. The first-order valence-corrected chi connectivity index (χ1v) is 16.4. The van der Waals surface area contributed by atoms with Gasteiger partial charge in [-0.25, -0.2) is 8.42 Å². The van der Waals surface area contributed by atoms with Gasteiger partial charge in [-0.15, -0.1) is 0 Å². The van der Waals surface area contributed by atoms with Gasteiger partial charge in [0.25, 0.3) is 0 Å². The fourth-order valence-electron chi connectivity index (χ4n) is 6.50. The van der Waals surface area contributed by atoms with Crippen molar-refractivity contribution >= 4 is 21.7 Å². The molecule has 4 rings (SSSR count). The Morgan fingerprint density at radius 2 is 1.80 bits per heavy atom. The molecule has 0 unspecified atom stereocenters. The van der Waals surface area contributed by atoms with E-state index in [9.17, 15) is 18.0 Å². The van der Waals surface area contributed by atoms with Gasteiger partial charge in [-0.1, -0.05) is 56.9 Å². The average Bonchev–Trinajstić information content (AvgIpc) is 3.45. The first kappa shape index (κ1) is 30.3. The average molecular weight is 568 g/mol. The number of hydrogen-bond donors (Lipinski definition) is 0. The Hall–Kier alpha value is -2.71. The second kappa shape index (κ2) is 12.4. The van der Waals surface area contributed by atoms with Crippen molar-refractivity contribution < 1.29 is 18.0 Å². The Morgan fingerprint density at radius 3 is 2.40 bits per heavy atom. The maximum absolute atomic E-state index is 13.0. The molecule has 0 saturated carbocycles. The lowest BCUT2D eigenvalue weighted by atomic mass is 9.77. The summed E-state index contributed by atoms with van der Waals surface area (Å²) in [5, 5.41) is 0. The maximum Gasteiger partial charge on any atom is 0.225 e. The number of hydrogen-bond acceptors (Lipinski definition) is 5. The first-order valence-electron chi connectivity index (χ1n) is 14.5. The Kier molecular flexibility index (Phi) is 9.40. The Morgan fingerprint density at radius 1 is 1.12 bits per heavy atom. The predicted octanol–water partition coefficient (Wildman–Crippen LogP) is 4.32. The highest BCUT2D eigenvalue weighted by atomic mass is 32.2. The summed E-state index contributed by atoms with van der Waals surface area (Å²) >= 11 is 0. The van der Waals surface area contributed by atoms with Gasteiger partial charge in [-0.05, 0) is 67.5 Å². The summed E-state index contributed by atoms with van der Waals surface area (Å²) in [5.41, 5.74) is 2.04. The summed E-state index contributed by atoms with van der Waals surface area (Å²) in [7, 11) is -3.23. The zero-order valence-electron chi connectivity index (χ0n) is 24.5. The van der Waals surface area contributed by atoms with Crippen LogP contribution in [0.3, 0.4) is 0 Å². The van der Waals surface area contributed by atoms with Crippen LogP contribution in [-0.2, 0) is 26.0 Å².